The number of oxime groups is 1. The minimum absolute atomic E-state index is 0.367. The Morgan fingerprint density at radius 3 is 2.68 bits per heavy atom. The molecule has 2 aromatic carbocycles. The van der Waals surface area contributed by atoms with Gasteiger partial charge in [0.05, 0.1) is 10.6 Å². The van der Waals surface area contributed by atoms with Gasteiger partial charge < -0.3 is 4.84 Å². The number of halogens is 3. The van der Waals surface area contributed by atoms with Gasteiger partial charge in [0.25, 0.3) is 0 Å². The number of hydrogen-bond donors (Lipinski definition) is 0. The van der Waals surface area contributed by atoms with Crippen molar-refractivity contribution in [3.05, 3.63) is 72.8 Å². The third kappa shape index (κ3) is 3.19. The van der Waals surface area contributed by atoms with E-state index in [1.165, 1.54) is 0 Å². The van der Waals surface area contributed by atoms with Crippen LogP contribution < -0.4 is 0 Å². The predicted octanol–water partition coefficient (Wildman–Crippen LogP) is 4.94. The zero-order chi connectivity index (χ0) is 15.7. The first-order valence-electron chi connectivity index (χ1n) is 6.27. The fourth-order valence-corrected chi connectivity index (χ4v) is 3.11. The monoisotopic (exact) mass is 443 g/mol. The summed E-state index contributed by atoms with van der Waals surface area (Å²) in [5, 5.41) is 4.78. The smallest absolute Gasteiger partial charge is 0.312 e. The molecule has 1 aliphatic heterocycles. The van der Waals surface area contributed by atoms with E-state index in [0.29, 0.717) is 26.9 Å². The van der Waals surface area contributed by atoms with Crippen molar-refractivity contribution in [3.63, 3.8) is 0 Å². The Morgan fingerprint density at radius 1 is 1.14 bits per heavy atom. The molecule has 110 valence electrons. The second-order valence-electron chi connectivity index (χ2n) is 4.56. The van der Waals surface area contributed by atoms with E-state index in [4.69, 9.17) is 28.0 Å². The lowest BCUT2D eigenvalue weighted by Crippen LogP contribution is -2.07. The first kappa shape index (κ1) is 15.5. The minimum atomic E-state index is -0.500. The molecule has 0 radical (unpaired) electrons. The molecule has 0 aromatic heterocycles. The Bertz CT molecular complexity index is 831. The van der Waals surface area contributed by atoms with Crippen molar-refractivity contribution in [1.29, 1.82) is 0 Å². The SMILES string of the molecule is O=C1ON=C(c2ccc(Cl)cc2Cl)C1=Cc1cccc(I)c1. The van der Waals surface area contributed by atoms with Crippen LogP contribution in [-0.2, 0) is 9.63 Å². The molecule has 22 heavy (non-hydrogen) atoms. The average molecular weight is 444 g/mol. The molecule has 3 nitrogen and oxygen atoms in total. The van der Waals surface area contributed by atoms with Crippen molar-refractivity contribution < 1.29 is 9.63 Å². The van der Waals surface area contributed by atoms with Gasteiger partial charge in [-0.05, 0) is 64.6 Å². The van der Waals surface area contributed by atoms with Gasteiger partial charge in [0.15, 0.2) is 0 Å². The van der Waals surface area contributed by atoms with E-state index in [1.54, 1.807) is 24.3 Å². The molecular weight excluding hydrogens is 436 g/mol. The van der Waals surface area contributed by atoms with Crippen LogP contribution in [0.3, 0.4) is 0 Å². The zero-order valence-electron chi connectivity index (χ0n) is 11.0. The molecule has 1 heterocycles. The number of hydrogen-bond acceptors (Lipinski definition) is 3. The summed E-state index contributed by atoms with van der Waals surface area (Å²) in [6, 6.07) is 12.8. The lowest BCUT2D eigenvalue weighted by atomic mass is 10.0. The molecule has 0 aliphatic carbocycles. The van der Waals surface area contributed by atoms with Gasteiger partial charge in [0, 0.05) is 14.2 Å². The Hall–Kier alpha value is -1.37. The lowest BCUT2D eigenvalue weighted by molar-refractivity contribution is -0.136. The molecule has 0 unspecified atom stereocenters. The molecule has 0 saturated carbocycles. The normalized spacial score (nSPS) is 15.9. The van der Waals surface area contributed by atoms with E-state index in [1.807, 2.05) is 24.3 Å². The third-order valence-corrected chi connectivity index (χ3v) is 4.26. The summed E-state index contributed by atoms with van der Waals surface area (Å²) >= 11 is 14.3. The Balaban J connectivity index is 2.06. The predicted molar refractivity (Wildman–Crippen MR) is 96.2 cm³/mol. The van der Waals surface area contributed by atoms with Crippen molar-refractivity contribution in [1.82, 2.24) is 0 Å². The summed E-state index contributed by atoms with van der Waals surface area (Å²) in [6.07, 6.45) is 1.74. The van der Waals surface area contributed by atoms with E-state index in [-0.39, 0.29) is 0 Å². The van der Waals surface area contributed by atoms with Crippen LogP contribution in [0, 0.1) is 3.57 Å². The molecule has 0 amide bonds. The van der Waals surface area contributed by atoms with E-state index in [2.05, 4.69) is 27.7 Å². The molecule has 3 rings (SSSR count). The highest BCUT2D eigenvalue weighted by molar-refractivity contribution is 14.1. The quantitative estimate of drug-likeness (QED) is 0.374. The second-order valence-corrected chi connectivity index (χ2v) is 6.65. The van der Waals surface area contributed by atoms with E-state index in [0.717, 1.165) is 9.13 Å². The number of carbonyl (C=O) groups is 1. The zero-order valence-corrected chi connectivity index (χ0v) is 14.7. The van der Waals surface area contributed by atoms with Crippen LogP contribution in [0.15, 0.2) is 53.2 Å². The number of nitrogens with zero attached hydrogens (tertiary/aromatic N) is 1. The van der Waals surface area contributed by atoms with Gasteiger partial charge in [-0.2, -0.15) is 0 Å². The van der Waals surface area contributed by atoms with Crippen LogP contribution >= 0.6 is 45.8 Å². The van der Waals surface area contributed by atoms with Crippen molar-refractivity contribution in [3.8, 4) is 0 Å². The highest BCUT2D eigenvalue weighted by Gasteiger charge is 2.28. The van der Waals surface area contributed by atoms with Crippen LogP contribution in [0.2, 0.25) is 10.0 Å². The average Bonchev–Trinajstić information content (AvgIpc) is 2.81. The van der Waals surface area contributed by atoms with Gasteiger partial charge in [-0.25, -0.2) is 4.79 Å². The Kier molecular flexibility index (Phi) is 4.52. The van der Waals surface area contributed by atoms with Crippen molar-refractivity contribution in [2.75, 3.05) is 0 Å². The van der Waals surface area contributed by atoms with E-state index in [9.17, 15) is 4.79 Å². The molecule has 0 atom stereocenters. The van der Waals surface area contributed by atoms with Gasteiger partial charge in [0.1, 0.15) is 5.71 Å². The molecule has 0 fully saturated rings. The molecule has 0 saturated heterocycles. The summed E-state index contributed by atoms with van der Waals surface area (Å²) in [6.45, 7) is 0. The molecule has 0 N–H and O–H groups in total. The van der Waals surface area contributed by atoms with Crippen molar-refractivity contribution >= 4 is 63.5 Å². The van der Waals surface area contributed by atoms with Gasteiger partial charge in [-0.3, -0.25) is 0 Å². The highest BCUT2D eigenvalue weighted by atomic mass is 127. The largest absolute Gasteiger partial charge is 0.368 e. The van der Waals surface area contributed by atoms with E-state index >= 15 is 0 Å². The maximum atomic E-state index is 11.9. The molecule has 1 aliphatic rings. The fourth-order valence-electron chi connectivity index (χ4n) is 2.05. The maximum Gasteiger partial charge on any atom is 0.368 e. The van der Waals surface area contributed by atoms with Crippen LogP contribution in [-0.4, -0.2) is 11.7 Å². The Labute approximate surface area is 150 Å². The van der Waals surface area contributed by atoms with Gasteiger partial charge in [-0.15, -0.1) is 0 Å². The first-order chi connectivity index (χ1) is 10.5. The third-order valence-electron chi connectivity index (χ3n) is 3.04. The number of carbonyl (C=O) groups excluding carboxylic acids is 1. The summed E-state index contributed by atoms with van der Waals surface area (Å²) in [4.78, 5) is 16.8. The summed E-state index contributed by atoms with van der Waals surface area (Å²) in [5.41, 5.74) is 2.27. The second kappa shape index (κ2) is 6.40. The highest BCUT2D eigenvalue weighted by Crippen LogP contribution is 2.28. The van der Waals surface area contributed by atoms with Gasteiger partial charge >= 0.3 is 5.97 Å². The van der Waals surface area contributed by atoms with Crippen LogP contribution in [0.1, 0.15) is 11.1 Å². The van der Waals surface area contributed by atoms with Crippen molar-refractivity contribution in [2.24, 2.45) is 5.16 Å². The van der Waals surface area contributed by atoms with E-state index < -0.39 is 5.97 Å². The molecule has 0 spiro atoms. The van der Waals surface area contributed by atoms with Gasteiger partial charge in [-0.1, -0.05) is 40.5 Å². The topological polar surface area (TPSA) is 38.7 Å². The molecular formula is C16H8Cl2INO2. The summed E-state index contributed by atoms with van der Waals surface area (Å²) in [7, 11) is 0. The summed E-state index contributed by atoms with van der Waals surface area (Å²) in [5.74, 6) is -0.500. The molecule has 6 heteroatoms. The maximum absolute atomic E-state index is 11.9. The van der Waals surface area contributed by atoms with Gasteiger partial charge in [0.2, 0.25) is 0 Å². The van der Waals surface area contributed by atoms with Crippen LogP contribution in [0.5, 0.6) is 0 Å². The van der Waals surface area contributed by atoms with Crippen LogP contribution in [0.25, 0.3) is 6.08 Å². The fraction of sp³-hybridized carbons (Fsp3) is 0. The van der Waals surface area contributed by atoms with Crippen LogP contribution in [0.4, 0.5) is 0 Å². The number of benzene rings is 2. The Morgan fingerprint density at radius 2 is 1.95 bits per heavy atom. The summed E-state index contributed by atoms with van der Waals surface area (Å²) < 4.78 is 1.07. The first-order valence-corrected chi connectivity index (χ1v) is 8.10. The molecule has 2 aromatic rings. The standard InChI is InChI=1S/C16H8Cl2INO2/c17-10-4-5-12(14(18)8-10)15-13(16(21)22-20-15)7-9-2-1-3-11(19)6-9/h1-8H. The minimum Gasteiger partial charge on any atom is -0.312 e. The number of rotatable bonds is 2. The van der Waals surface area contributed by atoms with Crippen molar-refractivity contribution in [2.45, 2.75) is 0 Å². The lowest BCUT2D eigenvalue weighted by Gasteiger charge is -2.04. The molecule has 0 bridgehead atoms.